The number of hydrogen-bond donors (Lipinski definition) is 1. The molecule has 1 heterocycles. The second-order valence-electron chi connectivity index (χ2n) is 8.51. The molecule has 1 aliphatic carbocycles. The fraction of sp³-hybridized carbons (Fsp3) is 0.417. The van der Waals surface area contributed by atoms with E-state index in [0.29, 0.717) is 31.6 Å². The van der Waals surface area contributed by atoms with E-state index in [1.165, 1.54) is 10.4 Å². The van der Waals surface area contributed by atoms with Crippen LogP contribution in [0, 0.1) is 6.92 Å². The minimum Gasteiger partial charge on any atom is -0.455 e. The number of carbonyl (C=O) groups excluding carboxylic acids is 2. The van der Waals surface area contributed by atoms with Crippen molar-refractivity contribution < 1.29 is 22.7 Å². The molecule has 1 N–H and O–H groups in total. The summed E-state index contributed by atoms with van der Waals surface area (Å²) in [6.45, 7) is 2.39. The first kappa shape index (κ1) is 22.5. The number of carbonyl (C=O) groups is 2. The summed E-state index contributed by atoms with van der Waals surface area (Å²) in [6.07, 6.45) is 4.14. The number of benzene rings is 2. The topological polar surface area (TPSA) is 92.8 Å². The average Bonchev–Trinajstić information content (AvgIpc) is 3.62. The predicted octanol–water partition coefficient (Wildman–Crippen LogP) is 3.38. The van der Waals surface area contributed by atoms with Gasteiger partial charge in [-0.25, -0.2) is 8.42 Å². The number of nitrogens with zero attached hydrogens (tertiary/aromatic N) is 1. The molecule has 1 saturated heterocycles. The molecule has 0 atom stereocenters. The highest BCUT2D eigenvalue weighted by Gasteiger charge is 2.52. The molecule has 2 aromatic rings. The molecule has 170 valence electrons. The van der Waals surface area contributed by atoms with E-state index in [9.17, 15) is 18.0 Å². The van der Waals surface area contributed by atoms with Crippen molar-refractivity contribution in [1.82, 2.24) is 4.31 Å². The standard InChI is InChI=1S/C24H28N2O5S/c1-18-10-11-20(32(29,30)26-14-6-3-7-15-26)16-21(18)25-22(27)17-31-23(28)24(12-13-24)19-8-4-2-5-9-19/h2,4-5,8-11,16H,3,6-7,12-15,17H2,1H3,(H,25,27). The van der Waals surface area contributed by atoms with Crippen molar-refractivity contribution in [3.8, 4) is 0 Å². The minimum atomic E-state index is -3.61. The summed E-state index contributed by atoms with van der Waals surface area (Å²) < 4.78 is 32.7. The Kier molecular flexibility index (Phi) is 6.35. The molecular weight excluding hydrogens is 428 g/mol. The van der Waals surface area contributed by atoms with Gasteiger partial charge in [0.1, 0.15) is 0 Å². The smallest absolute Gasteiger partial charge is 0.317 e. The first-order valence-electron chi connectivity index (χ1n) is 11.0. The van der Waals surface area contributed by atoms with E-state index >= 15 is 0 Å². The summed E-state index contributed by atoms with van der Waals surface area (Å²) in [4.78, 5) is 25.2. The van der Waals surface area contributed by atoms with Gasteiger partial charge < -0.3 is 10.1 Å². The Morgan fingerprint density at radius 2 is 1.72 bits per heavy atom. The third-order valence-corrected chi connectivity index (χ3v) is 8.13. The number of sulfonamides is 1. The highest BCUT2D eigenvalue weighted by atomic mass is 32.2. The van der Waals surface area contributed by atoms with Gasteiger partial charge in [-0.2, -0.15) is 4.31 Å². The van der Waals surface area contributed by atoms with Crippen LogP contribution in [-0.4, -0.2) is 44.3 Å². The van der Waals surface area contributed by atoms with Crippen LogP contribution >= 0.6 is 0 Å². The monoisotopic (exact) mass is 456 g/mol. The molecule has 7 nitrogen and oxygen atoms in total. The van der Waals surface area contributed by atoms with Crippen LogP contribution in [0.5, 0.6) is 0 Å². The van der Waals surface area contributed by atoms with Crippen LogP contribution in [0.1, 0.15) is 43.2 Å². The van der Waals surface area contributed by atoms with E-state index in [2.05, 4.69) is 5.32 Å². The van der Waals surface area contributed by atoms with Gasteiger partial charge in [0.2, 0.25) is 10.0 Å². The van der Waals surface area contributed by atoms with Crippen LogP contribution in [0.25, 0.3) is 0 Å². The molecule has 0 unspecified atom stereocenters. The predicted molar refractivity (Wildman–Crippen MR) is 121 cm³/mol. The van der Waals surface area contributed by atoms with Crippen LogP contribution < -0.4 is 5.32 Å². The van der Waals surface area contributed by atoms with Crippen molar-refractivity contribution in [1.29, 1.82) is 0 Å². The van der Waals surface area contributed by atoms with Gasteiger partial charge in [-0.1, -0.05) is 42.8 Å². The first-order valence-corrected chi connectivity index (χ1v) is 12.4. The Labute approximate surface area is 188 Å². The third kappa shape index (κ3) is 4.56. The number of aryl methyl sites for hydroxylation is 1. The molecule has 2 aromatic carbocycles. The Morgan fingerprint density at radius 3 is 2.38 bits per heavy atom. The Morgan fingerprint density at radius 1 is 1.03 bits per heavy atom. The molecule has 0 bridgehead atoms. The normalized spacial score (nSPS) is 18.0. The number of esters is 1. The maximum Gasteiger partial charge on any atom is 0.317 e. The van der Waals surface area contributed by atoms with Crippen molar-refractivity contribution in [2.75, 3.05) is 25.0 Å². The van der Waals surface area contributed by atoms with Gasteiger partial charge in [0.05, 0.1) is 10.3 Å². The van der Waals surface area contributed by atoms with Crippen LogP contribution in [0.15, 0.2) is 53.4 Å². The quantitative estimate of drug-likeness (QED) is 0.645. The molecule has 1 aliphatic heterocycles. The molecule has 0 aromatic heterocycles. The van der Waals surface area contributed by atoms with Crippen LogP contribution in [0.2, 0.25) is 0 Å². The Bertz CT molecular complexity index is 1100. The minimum absolute atomic E-state index is 0.151. The van der Waals surface area contributed by atoms with Gasteiger partial charge >= 0.3 is 5.97 Å². The number of amides is 1. The van der Waals surface area contributed by atoms with Crippen LogP contribution in [0.4, 0.5) is 5.69 Å². The summed E-state index contributed by atoms with van der Waals surface area (Å²) in [5, 5.41) is 2.69. The van der Waals surface area contributed by atoms with E-state index < -0.39 is 33.9 Å². The summed E-state index contributed by atoms with van der Waals surface area (Å²) >= 11 is 0. The fourth-order valence-corrected chi connectivity index (χ4v) is 5.64. The molecule has 2 aliphatic rings. The molecule has 32 heavy (non-hydrogen) atoms. The number of rotatable bonds is 7. The van der Waals surface area contributed by atoms with E-state index in [4.69, 9.17) is 4.74 Å². The van der Waals surface area contributed by atoms with E-state index in [-0.39, 0.29) is 4.90 Å². The highest BCUT2D eigenvalue weighted by Crippen LogP contribution is 2.49. The van der Waals surface area contributed by atoms with Gasteiger partial charge in [-0.15, -0.1) is 0 Å². The molecule has 0 radical (unpaired) electrons. The van der Waals surface area contributed by atoms with Gasteiger partial charge in [0.25, 0.3) is 5.91 Å². The first-order chi connectivity index (χ1) is 15.3. The zero-order chi connectivity index (χ0) is 22.8. The lowest BCUT2D eigenvalue weighted by Crippen LogP contribution is -2.35. The maximum atomic E-state index is 12.9. The summed E-state index contributed by atoms with van der Waals surface area (Å²) in [5.74, 6) is -0.908. The van der Waals surface area contributed by atoms with Gasteiger partial charge in [-0.05, 0) is 55.9 Å². The number of ether oxygens (including phenoxy) is 1. The lowest BCUT2D eigenvalue weighted by atomic mass is 9.96. The van der Waals surface area contributed by atoms with Crippen LogP contribution in [0.3, 0.4) is 0 Å². The summed E-state index contributed by atoms with van der Waals surface area (Å²) in [5.41, 5.74) is 1.37. The molecule has 2 fully saturated rings. The number of nitrogens with one attached hydrogen (secondary N) is 1. The van der Waals surface area contributed by atoms with Crippen molar-refractivity contribution in [3.63, 3.8) is 0 Å². The molecule has 1 saturated carbocycles. The Balaban J connectivity index is 1.40. The van der Waals surface area contributed by atoms with E-state index in [1.54, 1.807) is 19.1 Å². The third-order valence-electron chi connectivity index (χ3n) is 6.24. The zero-order valence-electron chi connectivity index (χ0n) is 18.2. The van der Waals surface area contributed by atoms with Gasteiger partial charge in [0.15, 0.2) is 6.61 Å². The largest absolute Gasteiger partial charge is 0.455 e. The van der Waals surface area contributed by atoms with Crippen molar-refractivity contribution in [2.45, 2.75) is 49.3 Å². The lowest BCUT2D eigenvalue weighted by molar-refractivity contribution is -0.150. The maximum absolute atomic E-state index is 12.9. The Hall–Kier alpha value is -2.71. The average molecular weight is 457 g/mol. The molecule has 4 rings (SSSR count). The fourth-order valence-electron chi connectivity index (χ4n) is 4.10. The SMILES string of the molecule is Cc1ccc(S(=O)(=O)N2CCCCC2)cc1NC(=O)COC(=O)C1(c2ccccc2)CC1. The number of hydrogen-bond acceptors (Lipinski definition) is 5. The molecule has 0 spiro atoms. The summed E-state index contributed by atoms with van der Waals surface area (Å²) in [6, 6.07) is 14.1. The highest BCUT2D eigenvalue weighted by molar-refractivity contribution is 7.89. The van der Waals surface area contributed by atoms with E-state index in [0.717, 1.165) is 30.4 Å². The molecular formula is C24H28N2O5S. The number of anilines is 1. The second-order valence-corrected chi connectivity index (χ2v) is 10.5. The molecule has 8 heteroatoms. The molecule has 1 amide bonds. The number of piperidine rings is 1. The zero-order valence-corrected chi connectivity index (χ0v) is 19.0. The summed E-state index contributed by atoms with van der Waals surface area (Å²) in [7, 11) is -3.61. The van der Waals surface area contributed by atoms with Crippen molar-refractivity contribution in [2.24, 2.45) is 0 Å². The lowest BCUT2D eigenvalue weighted by Gasteiger charge is -2.26. The van der Waals surface area contributed by atoms with Crippen molar-refractivity contribution in [3.05, 3.63) is 59.7 Å². The van der Waals surface area contributed by atoms with Gasteiger partial charge in [-0.3, -0.25) is 9.59 Å². The van der Waals surface area contributed by atoms with Crippen LogP contribution in [-0.2, 0) is 29.8 Å². The van der Waals surface area contributed by atoms with Crippen molar-refractivity contribution >= 4 is 27.6 Å². The second kappa shape index (κ2) is 9.03. The van der Waals surface area contributed by atoms with Gasteiger partial charge in [0, 0.05) is 18.8 Å². The van der Waals surface area contributed by atoms with E-state index in [1.807, 2.05) is 30.3 Å².